The molecule has 0 aliphatic heterocycles. The first-order valence-electron chi connectivity index (χ1n) is 7.54. The van der Waals surface area contributed by atoms with Crippen molar-refractivity contribution in [3.63, 3.8) is 0 Å². The smallest absolute Gasteiger partial charge is 0.0498 e. The number of thioether (sulfide) groups is 1. The molecule has 1 aliphatic carbocycles. The summed E-state index contributed by atoms with van der Waals surface area (Å²) in [7, 11) is -0.893. The van der Waals surface area contributed by atoms with Crippen LogP contribution in [0, 0.1) is 0 Å². The van der Waals surface area contributed by atoms with E-state index in [0.717, 1.165) is 18.0 Å². The van der Waals surface area contributed by atoms with Crippen molar-refractivity contribution < 1.29 is 4.21 Å². The first-order valence-corrected chi connectivity index (χ1v) is 9.92. The van der Waals surface area contributed by atoms with Gasteiger partial charge < -0.3 is 5.32 Å². The minimum Gasteiger partial charge on any atom is -0.311 e. The van der Waals surface area contributed by atoms with E-state index in [-0.39, 0.29) is 0 Å². The highest BCUT2D eigenvalue weighted by molar-refractivity contribution is 8.01. The maximum atomic E-state index is 11.4. The van der Waals surface area contributed by atoms with Crippen LogP contribution in [0.25, 0.3) is 0 Å². The summed E-state index contributed by atoms with van der Waals surface area (Å²) in [5, 5.41) is 3.58. The maximum Gasteiger partial charge on any atom is 0.0498 e. The van der Waals surface area contributed by atoms with Crippen LogP contribution >= 0.6 is 11.8 Å². The van der Waals surface area contributed by atoms with Gasteiger partial charge in [0, 0.05) is 44.7 Å². The van der Waals surface area contributed by atoms with Crippen LogP contribution in [0.1, 0.15) is 18.4 Å². The van der Waals surface area contributed by atoms with Crippen molar-refractivity contribution in [2.24, 2.45) is 0 Å². The van der Waals surface area contributed by atoms with E-state index in [1.54, 1.807) is 6.26 Å². The van der Waals surface area contributed by atoms with Gasteiger partial charge in [-0.3, -0.25) is 4.21 Å². The Morgan fingerprint density at radius 3 is 2.36 bits per heavy atom. The van der Waals surface area contributed by atoms with Crippen LogP contribution in [0.2, 0.25) is 0 Å². The van der Waals surface area contributed by atoms with Crippen molar-refractivity contribution >= 4 is 22.6 Å². The lowest BCUT2D eigenvalue weighted by Gasteiger charge is -2.16. The van der Waals surface area contributed by atoms with Gasteiger partial charge >= 0.3 is 0 Å². The van der Waals surface area contributed by atoms with Crippen molar-refractivity contribution in [3.8, 4) is 0 Å². The summed E-state index contributed by atoms with van der Waals surface area (Å²) in [6.45, 7) is 1.90. The van der Waals surface area contributed by atoms with E-state index >= 15 is 0 Å². The molecule has 2 aromatic rings. The third kappa shape index (κ3) is 4.22. The molecule has 0 amide bonds. The van der Waals surface area contributed by atoms with Gasteiger partial charge in [-0.1, -0.05) is 30.3 Å². The lowest BCUT2D eigenvalue weighted by molar-refractivity contribution is 0.662. The second kappa shape index (κ2) is 6.99. The quantitative estimate of drug-likeness (QED) is 0.836. The van der Waals surface area contributed by atoms with E-state index in [1.807, 2.05) is 23.9 Å². The Morgan fingerprint density at radius 1 is 1.09 bits per heavy atom. The molecule has 1 fully saturated rings. The number of nitrogens with one attached hydrogen (secondary N) is 1. The standard InChI is InChI=1S/C18H21NOS2/c1-22(20)17-9-7-15(8-10-17)13-19-14-18(11-12-18)21-16-5-3-2-4-6-16/h2-10,19H,11-14H2,1H3/t22-/m1/s1. The first-order chi connectivity index (χ1) is 10.7. The van der Waals surface area contributed by atoms with E-state index in [2.05, 4.69) is 47.8 Å². The molecule has 0 bridgehead atoms. The van der Waals surface area contributed by atoms with Gasteiger partial charge in [0.1, 0.15) is 0 Å². The molecule has 116 valence electrons. The molecule has 22 heavy (non-hydrogen) atoms. The van der Waals surface area contributed by atoms with Gasteiger partial charge in [-0.05, 0) is 42.7 Å². The molecular formula is C18H21NOS2. The van der Waals surface area contributed by atoms with Crippen molar-refractivity contribution in [1.29, 1.82) is 0 Å². The topological polar surface area (TPSA) is 29.1 Å². The predicted molar refractivity (Wildman–Crippen MR) is 94.7 cm³/mol. The second-order valence-corrected chi connectivity index (χ2v) is 8.72. The molecule has 0 aromatic heterocycles. The summed E-state index contributed by atoms with van der Waals surface area (Å²) in [4.78, 5) is 2.25. The largest absolute Gasteiger partial charge is 0.311 e. The zero-order chi connectivity index (χ0) is 15.4. The first kappa shape index (κ1) is 15.8. The van der Waals surface area contributed by atoms with E-state index in [9.17, 15) is 4.21 Å². The fraction of sp³-hybridized carbons (Fsp3) is 0.333. The molecule has 1 saturated carbocycles. The molecule has 1 aliphatic rings. The SMILES string of the molecule is C[S@@](=O)c1ccc(CNCC2(Sc3ccccc3)CC2)cc1. The van der Waals surface area contributed by atoms with E-state index in [0.29, 0.717) is 4.75 Å². The van der Waals surface area contributed by atoms with Crippen LogP contribution < -0.4 is 5.32 Å². The van der Waals surface area contributed by atoms with Crippen LogP contribution in [-0.2, 0) is 17.3 Å². The monoisotopic (exact) mass is 331 g/mol. The van der Waals surface area contributed by atoms with Gasteiger partial charge in [-0.25, -0.2) is 0 Å². The number of benzene rings is 2. The highest BCUT2D eigenvalue weighted by Crippen LogP contribution is 2.51. The predicted octanol–water partition coefficient (Wildman–Crippen LogP) is 3.84. The van der Waals surface area contributed by atoms with Crippen LogP contribution in [0.5, 0.6) is 0 Å². The van der Waals surface area contributed by atoms with Crippen molar-refractivity contribution in [2.75, 3.05) is 12.8 Å². The van der Waals surface area contributed by atoms with Crippen LogP contribution in [0.3, 0.4) is 0 Å². The Balaban J connectivity index is 1.49. The molecule has 2 nitrogen and oxygen atoms in total. The third-order valence-corrected chi connectivity index (χ3v) is 6.35. The summed E-state index contributed by atoms with van der Waals surface area (Å²) in [6.07, 6.45) is 4.28. The highest BCUT2D eigenvalue weighted by atomic mass is 32.2. The highest BCUT2D eigenvalue weighted by Gasteiger charge is 2.43. The Morgan fingerprint density at radius 2 is 1.77 bits per heavy atom. The van der Waals surface area contributed by atoms with E-state index in [4.69, 9.17) is 0 Å². The van der Waals surface area contributed by atoms with Crippen molar-refractivity contribution in [2.45, 2.75) is 33.9 Å². The molecular weight excluding hydrogens is 310 g/mol. The molecule has 2 aromatic carbocycles. The van der Waals surface area contributed by atoms with Gasteiger partial charge in [-0.15, -0.1) is 11.8 Å². The zero-order valence-electron chi connectivity index (χ0n) is 12.7. The summed E-state index contributed by atoms with van der Waals surface area (Å²) in [6, 6.07) is 18.7. The Kier molecular flexibility index (Phi) is 5.01. The van der Waals surface area contributed by atoms with Gasteiger partial charge in [0.05, 0.1) is 0 Å². The van der Waals surface area contributed by atoms with Crippen LogP contribution in [0.4, 0.5) is 0 Å². The average molecular weight is 332 g/mol. The minimum absolute atomic E-state index is 0.381. The third-order valence-electron chi connectivity index (χ3n) is 3.92. The second-order valence-electron chi connectivity index (χ2n) is 5.80. The molecule has 0 spiro atoms. The minimum atomic E-state index is -0.893. The molecule has 4 heteroatoms. The molecule has 0 radical (unpaired) electrons. The normalized spacial score (nSPS) is 17.1. The molecule has 3 rings (SSSR count). The summed E-state index contributed by atoms with van der Waals surface area (Å²) in [5.41, 5.74) is 1.25. The Labute approximate surface area is 139 Å². The average Bonchev–Trinajstić information content (AvgIpc) is 3.28. The Bertz CT molecular complexity index is 636. The number of hydrogen-bond donors (Lipinski definition) is 1. The molecule has 1 N–H and O–H groups in total. The zero-order valence-corrected chi connectivity index (χ0v) is 14.4. The van der Waals surface area contributed by atoms with Gasteiger partial charge in [0.25, 0.3) is 0 Å². The lowest BCUT2D eigenvalue weighted by atomic mass is 10.2. The summed E-state index contributed by atoms with van der Waals surface area (Å²) in [5.74, 6) is 0. The van der Waals surface area contributed by atoms with Crippen LogP contribution in [0.15, 0.2) is 64.4 Å². The number of hydrogen-bond acceptors (Lipinski definition) is 3. The fourth-order valence-corrected chi connectivity index (χ4v) is 4.22. The van der Waals surface area contributed by atoms with Gasteiger partial charge in [0.2, 0.25) is 0 Å². The lowest BCUT2D eigenvalue weighted by Crippen LogP contribution is -2.25. The number of rotatable bonds is 7. The van der Waals surface area contributed by atoms with Gasteiger partial charge in [0.15, 0.2) is 0 Å². The van der Waals surface area contributed by atoms with Crippen molar-refractivity contribution in [1.82, 2.24) is 5.32 Å². The molecule has 0 unspecified atom stereocenters. The fourth-order valence-electron chi connectivity index (χ4n) is 2.43. The van der Waals surface area contributed by atoms with Gasteiger partial charge in [-0.2, -0.15) is 0 Å². The molecule has 0 heterocycles. The molecule has 0 saturated heterocycles. The van der Waals surface area contributed by atoms with Crippen LogP contribution in [-0.4, -0.2) is 21.8 Å². The summed E-state index contributed by atoms with van der Waals surface area (Å²) >= 11 is 2.00. The van der Waals surface area contributed by atoms with E-state index < -0.39 is 10.8 Å². The summed E-state index contributed by atoms with van der Waals surface area (Å²) < 4.78 is 11.8. The van der Waals surface area contributed by atoms with E-state index in [1.165, 1.54) is 23.3 Å². The Hall–Kier alpha value is -1.10. The molecule has 1 atom stereocenters. The van der Waals surface area contributed by atoms with Crippen molar-refractivity contribution in [3.05, 3.63) is 60.2 Å². The maximum absolute atomic E-state index is 11.4.